The first-order valence-corrected chi connectivity index (χ1v) is 8.59. The summed E-state index contributed by atoms with van der Waals surface area (Å²) in [5, 5.41) is 14.1. The molecule has 1 amide bonds. The van der Waals surface area contributed by atoms with Gasteiger partial charge in [-0.1, -0.05) is 30.3 Å². The number of halogens is 1. The lowest BCUT2D eigenvalue weighted by Crippen LogP contribution is -2.42. The molecular weight excluding hydrogens is 367 g/mol. The number of aromatic carboxylic acids is 1. The van der Waals surface area contributed by atoms with E-state index in [-0.39, 0.29) is 36.6 Å². The minimum absolute atomic E-state index is 0.0239. The Balaban J connectivity index is 1.75. The zero-order valence-corrected chi connectivity index (χ0v) is 15.3. The average molecular weight is 388 g/mol. The third kappa shape index (κ3) is 6.48. The summed E-state index contributed by atoms with van der Waals surface area (Å²) < 4.78 is 18.8. The third-order valence-electron chi connectivity index (χ3n) is 3.94. The largest absolute Gasteiger partial charge is 0.478 e. The Morgan fingerprint density at radius 2 is 1.86 bits per heavy atom. The molecule has 0 heterocycles. The lowest BCUT2D eigenvalue weighted by Gasteiger charge is -2.14. The third-order valence-corrected chi connectivity index (χ3v) is 3.94. The van der Waals surface area contributed by atoms with E-state index in [1.165, 1.54) is 19.1 Å². The summed E-state index contributed by atoms with van der Waals surface area (Å²) in [5.41, 5.74) is 0.917. The van der Waals surface area contributed by atoms with Crippen LogP contribution in [0.25, 0.3) is 0 Å². The van der Waals surface area contributed by atoms with Gasteiger partial charge in [-0.05, 0) is 30.7 Å². The summed E-state index contributed by atoms with van der Waals surface area (Å²) in [6.45, 7) is 1.45. The molecule has 0 aliphatic carbocycles. The lowest BCUT2D eigenvalue weighted by molar-refractivity contribution is -0.119. The fourth-order valence-electron chi connectivity index (χ4n) is 2.34. The molecule has 0 aliphatic rings. The second-order valence-electron chi connectivity index (χ2n) is 6.11. The van der Waals surface area contributed by atoms with Gasteiger partial charge in [0.05, 0.1) is 18.2 Å². The van der Waals surface area contributed by atoms with Crippen molar-refractivity contribution in [3.8, 4) is 0 Å². The fraction of sp³-hybridized carbons (Fsp3) is 0.250. The number of benzene rings is 2. The molecule has 8 heteroatoms. The van der Waals surface area contributed by atoms with E-state index in [9.17, 15) is 18.8 Å². The van der Waals surface area contributed by atoms with Gasteiger partial charge in [-0.3, -0.25) is 4.79 Å². The first-order chi connectivity index (χ1) is 13.4. The highest BCUT2D eigenvalue weighted by Gasteiger charge is 2.16. The minimum Gasteiger partial charge on any atom is -0.478 e. The number of carboxylic acid groups (broad SMARTS) is 1. The number of Topliss-reactive ketones (excluding diaryl/α,β-unsaturated/α-hetero) is 1. The molecule has 0 radical (unpaired) electrons. The number of carbonyl (C=O) groups excluding carboxylic acids is 2. The maximum absolute atomic E-state index is 13.7. The molecule has 0 spiro atoms. The van der Waals surface area contributed by atoms with E-state index in [2.05, 4.69) is 10.6 Å². The Morgan fingerprint density at radius 1 is 1.14 bits per heavy atom. The van der Waals surface area contributed by atoms with Crippen molar-refractivity contribution < 1.29 is 28.6 Å². The van der Waals surface area contributed by atoms with Crippen LogP contribution in [0.3, 0.4) is 0 Å². The average Bonchev–Trinajstić information content (AvgIpc) is 2.68. The van der Waals surface area contributed by atoms with Crippen molar-refractivity contribution in [3.63, 3.8) is 0 Å². The number of carbonyl (C=O) groups is 3. The van der Waals surface area contributed by atoms with E-state index >= 15 is 0 Å². The van der Waals surface area contributed by atoms with Gasteiger partial charge in [-0.2, -0.15) is 0 Å². The SMILES string of the molecule is C[C@H](NC(=O)OCc1ccccc1)C(=O)CNCc1cc(C(=O)O)ccc1F. The number of hydrogen-bond acceptors (Lipinski definition) is 5. The van der Waals surface area contributed by atoms with E-state index in [0.29, 0.717) is 0 Å². The standard InChI is InChI=1S/C20H21FN2O5/c1-13(23-20(27)28-12-14-5-3-2-4-6-14)18(24)11-22-10-16-9-15(19(25)26)7-8-17(16)21/h2-9,13,22H,10-12H2,1H3,(H,23,27)(H,25,26)/t13-/m0/s1. The van der Waals surface area contributed by atoms with Crippen LogP contribution >= 0.6 is 0 Å². The predicted octanol–water partition coefficient (Wildman–Crippen LogP) is 2.50. The molecule has 2 rings (SSSR count). The van der Waals surface area contributed by atoms with Crippen molar-refractivity contribution in [1.29, 1.82) is 0 Å². The predicted molar refractivity (Wildman–Crippen MR) is 99.3 cm³/mol. The molecule has 2 aromatic rings. The first-order valence-electron chi connectivity index (χ1n) is 8.59. The highest BCUT2D eigenvalue weighted by molar-refractivity contribution is 5.88. The van der Waals surface area contributed by atoms with Crippen molar-refractivity contribution in [2.45, 2.75) is 26.1 Å². The number of nitrogens with one attached hydrogen (secondary N) is 2. The van der Waals surface area contributed by atoms with Crippen LogP contribution in [0, 0.1) is 5.82 Å². The topological polar surface area (TPSA) is 105 Å². The van der Waals surface area contributed by atoms with Crippen LogP contribution < -0.4 is 10.6 Å². The maximum atomic E-state index is 13.7. The molecule has 0 bridgehead atoms. The van der Waals surface area contributed by atoms with Crippen molar-refractivity contribution in [2.75, 3.05) is 6.54 Å². The van der Waals surface area contributed by atoms with E-state index in [0.717, 1.165) is 11.6 Å². The summed E-state index contributed by atoms with van der Waals surface area (Å²) in [7, 11) is 0. The summed E-state index contributed by atoms with van der Waals surface area (Å²) in [4.78, 5) is 34.8. The smallest absolute Gasteiger partial charge is 0.408 e. The van der Waals surface area contributed by atoms with Crippen LogP contribution in [0.4, 0.5) is 9.18 Å². The molecule has 0 saturated heterocycles. The Labute approximate surface area is 161 Å². The van der Waals surface area contributed by atoms with E-state index in [4.69, 9.17) is 9.84 Å². The van der Waals surface area contributed by atoms with Crippen molar-refractivity contribution >= 4 is 17.8 Å². The number of amides is 1. The van der Waals surface area contributed by atoms with Crippen LogP contribution in [-0.4, -0.2) is 35.5 Å². The molecule has 148 valence electrons. The molecule has 0 fully saturated rings. The fourth-order valence-corrected chi connectivity index (χ4v) is 2.34. The van der Waals surface area contributed by atoms with Crippen LogP contribution in [-0.2, 0) is 22.7 Å². The Bertz CT molecular complexity index is 842. The Hall–Kier alpha value is -3.26. The highest BCUT2D eigenvalue weighted by Crippen LogP contribution is 2.10. The zero-order chi connectivity index (χ0) is 20.5. The normalized spacial score (nSPS) is 11.5. The molecule has 7 nitrogen and oxygen atoms in total. The summed E-state index contributed by atoms with van der Waals surface area (Å²) in [6.07, 6.45) is -0.718. The Kier molecular flexibility index (Phi) is 7.65. The molecular formula is C20H21FN2O5. The van der Waals surface area contributed by atoms with E-state index in [1.807, 2.05) is 30.3 Å². The van der Waals surface area contributed by atoms with Gasteiger partial charge in [-0.15, -0.1) is 0 Å². The van der Waals surface area contributed by atoms with Gasteiger partial charge < -0.3 is 20.5 Å². The summed E-state index contributed by atoms with van der Waals surface area (Å²) in [5.74, 6) is -2.06. The van der Waals surface area contributed by atoms with Crippen LogP contribution in [0.5, 0.6) is 0 Å². The van der Waals surface area contributed by atoms with Crippen molar-refractivity contribution in [3.05, 3.63) is 71.0 Å². The quantitative estimate of drug-likeness (QED) is 0.610. The number of ether oxygens (including phenoxy) is 1. The molecule has 3 N–H and O–H groups in total. The van der Waals surface area contributed by atoms with E-state index < -0.39 is 23.9 Å². The molecule has 0 aromatic heterocycles. The summed E-state index contributed by atoms with van der Waals surface area (Å²) >= 11 is 0. The van der Waals surface area contributed by atoms with Gasteiger partial charge in [0.1, 0.15) is 12.4 Å². The van der Waals surface area contributed by atoms with Gasteiger partial charge in [0.25, 0.3) is 0 Å². The number of rotatable bonds is 9. The number of alkyl carbamates (subject to hydrolysis) is 1. The maximum Gasteiger partial charge on any atom is 0.408 e. The van der Waals surface area contributed by atoms with Crippen LogP contribution in [0.1, 0.15) is 28.4 Å². The monoisotopic (exact) mass is 388 g/mol. The molecule has 2 aromatic carbocycles. The second kappa shape index (κ2) is 10.2. The van der Waals surface area contributed by atoms with Crippen LogP contribution in [0.2, 0.25) is 0 Å². The van der Waals surface area contributed by atoms with Gasteiger partial charge in [0.2, 0.25) is 0 Å². The Morgan fingerprint density at radius 3 is 2.54 bits per heavy atom. The van der Waals surface area contributed by atoms with Crippen molar-refractivity contribution in [1.82, 2.24) is 10.6 Å². The molecule has 28 heavy (non-hydrogen) atoms. The van der Waals surface area contributed by atoms with Gasteiger partial charge in [0.15, 0.2) is 5.78 Å². The zero-order valence-electron chi connectivity index (χ0n) is 15.3. The van der Waals surface area contributed by atoms with Crippen molar-refractivity contribution in [2.24, 2.45) is 0 Å². The molecule has 0 aliphatic heterocycles. The second-order valence-corrected chi connectivity index (χ2v) is 6.11. The van der Waals surface area contributed by atoms with Crippen LogP contribution in [0.15, 0.2) is 48.5 Å². The number of hydrogen-bond donors (Lipinski definition) is 3. The molecule has 0 saturated carbocycles. The van der Waals surface area contributed by atoms with Gasteiger partial charge in [0, 0.05) is 12.1 Å². The van der Waals surface area contributed by atoms with Gasteiger partial charge in [-0.25, -0.2) is 14.0 Å². The molecule has 1 atom stereocenters. The van der Waals surface area contributed by atoms with E-state index in [1.54, 1.807) is 0 Å². The number of carboxylic acids is 1. The van der Waals surface area contributed by atoms with Gasteiger partial charge >= 0.3 is 12.1 Å². The number of ketones is 1. The first kappa shape index (κ1) is 21.0. The highest BCUT2D eigenvalue weighted by atomic mass is 19.1. The summed E-state index contributed by atoms with van der Waals surface area (Å²) in [6, 6.07) is 11.8. The lowest BCUT2D eigenvalue weighted by atomic mass is 10.1. The molecule has 0 unspecified atom stereocenters. The minimum atomic E-state index is -1.16.